The van der Waals surface area contributed by atoms with Crippen LogP contribution >= 0.6 is 0 Å². The molecule has 1 aliphatic rings. The number of ether oxygens (including phenoxy) is 1. The number of aromatic nitrogens is 1. The molecular weight excluding hydrogens is 374 g/mol. The predicted octanol–water partition coefficient (Wildman–Crippen LogP) is 2.72. The Morgan fingerprint density at radius 1 is 1.14 bits per heavy atom. The number of hydrogen-bond acceptors (Lipinski definition) is 5. The number of para-hydroxylation sites is 2. The first kappa shape index (κ1) is 18.9. The summed E-state index contributed by atoms with van der Waals surface area (Å²) in [5, 5.41) is 4.25. The number of pyridine rings is 1. The smallest absolute Gasteiger partial charge is 0.219 e. The van der Waals surface area contributed by atoms with Crippen molar-refractivity contribution >= 4 is 20.9 Å². The first-order chi connectivity index (χ1) is 13.6. The van der Waals surface area contributed by atoms with Gasteiger partial charge in [0.15, 0.2) is 0 Å². The van der Waals surface area contributed by atoms with E-state index in [1.807, 2.05) is 54.6 Å². The minimum absolute atomic E-state index is 0.0764. The number of nitrogens with one attached hydrogen (secondary N) is 1. The molecule has 1 aliphatic heterocycles. The van der Waals surface area contributed by atoms with E-state index in [9.17, 15) is 8.42 Å². The SMILES string of the molecule is COc1ccccc1C1CNCCN1S(=O)(=O)Cc1cccc2cccnc12. The minimum atomic E-state index is -3.55. The zero-order chi connectivity index (χ0) is 19.6. The van der Waals surface area contributed by atoms with Gasteiger partial charge >= 0.3 is 0 Å². The Bertz CT molecular complexity index is 1080. The second-order valence-electron chi connectivity index (χ2n) is 6.82. The number of sulfonamides is 1. The van der Waals surface area contributed by atoms with Gasteiger partial charge in [0.1, 0.15) is 5.75 Å². The van der Waals surface area contributed by atoms with Crippen LogP contribution in [0.4, 0.5) is 0 Å². The Morgan fingerprint density at radius 3 is 2.82 bits per heavy atom. The molecule has 1 atom stereocenters. The molecular formula is C21H23N3O3S. The topological polar surface area (TPSA) is 71.5 Å². The molecule has 0 saturated carbocycles. The van der Waals surface area contributed by atoms with Gasteiger partial charge in [-0.3, -0.25) is 4.98 Å². The quantitative estimate of drug-likeness (QED) is 0.717. The summed E-state index contributed by atoms with van der Waals surface area (Å²) in [4.78, 5) is 4.40. The van der Waals surface area contributed by atoms with E-state index in [1.165, 1.54) is 0 Å². The van der Waals surface area contributed by atoms with Gasteiger partial charge in [0.25, 0.3) is 0 Å². The van der Waals surface area contributed by atoms with Crippen molar-refractivity contribution in [2.24, 2.45) is 0 Å². The molecule has 146 valence electrons. The molecule has 6 nitrogen and oxygen atoms in total. The van der Waals surface area contributed by atoms with Crippen LogP contribution in [0.1, 0.15) is 17.2 Å². The first-order valence-corrected chi connectivity index (χ1v) is 10.9. The van der Waals surface area contributed by atoms with E-state index in [1.54, 1.807) is 17.6 Å². The van der Waals surface area contributed by atoms with Crippen LogP contribution in [0.15, 0.2) is 60.8 Å². The van der Waals surface area contributed by atoms with Gasteiger partial charge < -0.3 is 10.1 Å². The molecule has 1 fully saturated rings. The maximum Gasteiger partial charge on any atom is 0.219 e. The maximum atomic E-state index is 13.4. The molecule has 0 bridgehead atoms. The lowest BCUT2D eigenvalue weighted by Crippen LogP contribution is -2.49. The number of rotatable bonds is 5. The Kier molecular flexibility index (Phi) is 5.30. The van der Waals surface area contributed by atoms with Crippen molar-refractivity contribution in [3.63, 3.8) is 0 Å². The second-order valence-corrected chi connectivity index (χ2v) is 8.74. The normalized spacial score (nSPS) is 18.2. The summed E-state index contributed by atoms with van der Waals surface area (Å²) in [6.07, 6.45) is 1.70. The molecule has 28 heavy (non-hydrogen) atoms. The van der Waals surface area contributed by atoms with Gasteiger partial charge in [0.2, 0.25) is 10.0 Å². The average Bonchev–Trinajstić information content (AvgIpc) is 2.74. The van der Waals surface area contributed by atoms with E-state index in [4.69, 9.17) is 4.74 Å². The monoisotopic (exact) mass is 397 g/mol. The summed E-state index contributed by atoms with van der Waals surface area (Å²) in [6.45, 7) is 1.59. The molecule has 1 saturated heterocycles. The lowest BCUT2D eigenvalue weighted by Gasteiger charge is -2.36. The Morgan fingerprint density at radius 2 is 1.96 bits per heavy atom. The summed E-state index contributed by atoms with van der Waals surface area (Å²) in [5.41, 5.74) is 2.32. The molecule has 1 unspecified atom stereocenters. The van der Waals surface area contributed by atoms with Crippen LogP contribution in [-0.2, 0) is 15.8 Å². The van der Waals surface area contributed by atoms with Crippen LogP contribution in [0.2, 0.25) is 0 Å². The number of methoxy groups -OCH3 is 1. The van der Waals surface area contributed by atoms with E-state index >= 15 is 0 Å². The second kappa shape index (κ2) is 7.87. The molecule has 2 heterocycles. The summed E-state index contributed by atoms with van der Waals surface area (Å²) in [6, 6.07) is 16.7. The lowest BCUT2D eigenvalue weighted by molar-refractivity contribution is 0.264. The van der Waals surface area contributed by atoms with Gasteiger partial charge in [-0.2, -0.15) is 4.31 Å². The molecule has 0 radical (unpaired) electrons. The van der Waals surface area contributed by atoms with Gasteiger partial charge in [0, 0.05) is 36.8 Å². The van der Waals surface area contributed by atoms with E-state index in [2.05, 4.69) is 10.3 Å². The van der Waals surface area contributed by atoms with Crippen molar-refractivity contribution in [3.8, 4) is 5.75 Å². The van der Waals surface area contributed by atoms with E-state index in [0.717, 1.165) is 22.0 Å². The van der Waals surface area contributed by atoms with Crippen LogP contribution in [0.25, 0.3) is 10.9 Å². The molecule has 2 aromatic carbocycles. The van der Waals surface area contributed by atoms with Crippen molar-refractivity contribution in [2.75, 3.05) is 26.7 Å². The standard InChI is InChI=1S/C21H23N3O3S/c1-27-20-10-3-2-9-18(20)19-14-22-12-13-24(19)28(25,26)15-17-7-4-6-16-8-5-11-23-21(16)17/h2-11,19,22H,12-15H2,1H3. The third-order valence-electron chi connectivity index (χ3n) is 5.10. The zero-order valence-electron chi connectivity index (χ0n) is 15.7. The van der Waals surface area contributed by atoms with Crippen molar-refractivity contribution in [1.82, 2.24) is 14.6 Å². The van der Waals surface area contributed by atoms with Gasteiger partial charge in [0.05, 0.1) is 24.4 Å². The molecule has 0 aliphatic carbocycles. The van der Waals surface area contributed by atoms with Crippen LogP contribution in [0.3, 0.4) is 0 Å². The van der Waals surface area contributed by atoms with Crippen LogP contribution < -0.4 is 10.1 Å². The molecule has 4 rings (SSSR count). The van der Waals surface area contributed by atoms with Crippen molar-refractivity contribution in [1.29, 1.82) is 0 Å². The number of nitrogens with zero attached hydrogens (tertiary/aromatic N) is 2. The highest BCUT2D eigenvalue weighted by atomic mass is 32.2. The van der Waals surface area contributed by atoms with E-state index < -0.39 is 10.0 Å². The summed E-state index contributed by atoms with van der Waals surface area (Å²) in [5.74, 6) is 0.621. The molecule has 0 amide bonds. The number of hydrogen-bond donors (Lipinski definition) is 1. The van der Waals surface area contributed by atoms with E-state index in [-0.39, 0.29) is 11.8 Å². The van der Waals surface area contributed by atoms with Gasteiger partial charge in [-0.25, -0.2) is 8.42 Å². The number of benzene rings is 2. The summed E-state index contributed by atoms with van der Waals surface area (Å²) in [7, 11) is -1.95. The summed E-state index contributed by atoms with van der Waals surface area (Å²) >= 11 is 0. The maximum absolute atomic E-state index is 13.4. The molecule has 7 heteroatoms. The largest absolute Gasteiger partial charge is 0.496 e. The third-order valence-corrected chi connectivity index (χ3v) is 6.93. The average molecular weight is 398 g/mol. The fourth-order valence-electron chi connectivity index (χ4n) is 3.79. The molecule has 1 aromatic heterocycles. The van der Waals surface area contributed by atoms with Gasteiger partial charge in [-0.05, 0) is 17.7 Å². The third kappa shape index (κ3) is 3.61. The van der Waals surface area contributed by atoms with Crippen molar-refractivity contribution in [2.45, 2.75) is 11.8 Å². The van der Waals surface area contributed by atoms with Gasteiger partial charge in [-0.15, -0.1) is 0 Å². The number of piperazine rings is 1. The lowest BCUT2D eigenvalue weighted by atomic mass is 10.0. The first-order valence-electron chi connectivity index (χ1n) is 9.26. The van der Waals surface area contributed by atoms with Crippen molar-refractivity contribution in [3.05, 3.63) is 71.9 Å². The van der Waals surface area contributed by atoms with Crippen LogP contribution in [0, 0.1) is 0 Å². The highest BCUT2D eigenvalue weighted by Gasteiger charge is 2.35. The molecule has 0 spiro atoms. The number of fused-ring (bicyclic) bond motifs is 1. The Balaban J connectivity index is 1.70. The van der Waals surface area contributed by atoms with E-state index in [0.29, 0.717) is 25.4 Å². The molecule has 1 N–H and O–H groups in total. The minimum Gasteiger partial charge on any atom is -0.496 e. The fraction of sp³-hybridized carbons (Fsp3) is 0.286. The van der Waals surface area contributed by atoms with Gasteiger partial charge in [-0.1, -0.05) is 42.5 Å². The highest BCUT2D eigenvalue weighted by Crippen LogP contribution is 2.33. The Labute approximate surface area is 165 Å². The van der Waals surface area contributed by atoms with Crippen molar-refractivity contribution < 1.29 is 13.2 Å². The van der Waals surface area contributed by atoms with Crippen LogP contribution in [-0.4, -0.2) is 44.5 Å². The highest BCUT2D eigenvalue weighted by molar-refractivity contribution is 7.88. The Hall–Kier alpha value is -2.48. The predicted molar refractivity (Wildman–Crippen MR) is 110 cm³/mol. The fourth-order valence-corrected chi connectivity index (χ4v) is 5.53. The zero-order valence-corrected chi connectivity index (χ0v) is 16.5. The summed E-state index contributed by atoms with van der Waals surface area (Å²) < 4.78 is 33.9. The molecule has 3 aromatic rings. The van der Waals surface area contributed by atoms with Crippen LogP contribution in [0.5, 0.6) is 5.75 Å².